The van der Waals surface area contributed by atoms with E-state index in [0.29, 0.717) is 5.69 Å². The van der Waals surface area contributed by atoms with Crippen molar-refractivity contribution in [1.29, 1.82) is 5.26 Å². The van der Waals surface area contributed by atoms with Gasteiger partial charge >= 0.3 is 5.97 Å². The van der Waals surface area contributed by atoms with Crippen molar-refractivity contribution in [3.05, 3.63) is 30.1 Å². The van der Waals surface area contributed by atoms with Gasteiger partial charge in [-0.3, -0.25) is 9.78 Å². The fraction of sp³-hybridized carbons (Fsp3) is 0.300. The third-order valence-corrected chi connectivity index (χ3v) is 1.80. The highest BCUT2D eigenvalue weighted by Gasteiger charge is 2.16. The molecular formula is C10H10N2O2. The summed E-state index contributed by atoms with van der Waals surface area (Å²) in [5, 5.41) is 8.83. The molecule has 1 rings (SSSR count). The van der Waals surface area contributed by atoms with E-state index < -0.39 is 11.9 Å². The van der Waals surface area contributed by atoms with Crippen molar-refractivity contribution in [3.8, 4) is 6.07 Å². The summed E-state index contributed by atoms with van der Waals surface area (Å²) in [4.78, 5) is 15.0. The van der Waals surface area contributed by atoms with E-state index in [1.165, 1.54) is 7.11 Å². The third-order valence-electron chi connectivity index (χ3n) is 1.80. The van der Waals surface area contributed by atoms with Gasteiger partial charge < -0.3 is 4.74 Å². The zero-order valence-electron chi connectivity index (χ0n) is 7.80. The molecule has 4 nitrogen and oxygen atoms in total. The minimum Gasteiger partial charge on any atom is -0.469 e. The van der Waals surface area contributed by atoms with Crippen molar-refractivity contribution < 1.29 is 9.53 Å². The molecule has 0 radical (unpaired) electrons. The SMILES string of the molecule is COC(=O)CC(C#N)c1ccccn1. The Morgan fingerprint density at radius 3 is 3.00 bits per heavy atom. The molecular weight excluding hydrogens is 180 g/mol. The molecule has 1 aromatic heterocycles. The number of carbonyl (C=O) groups is 1. The quantitative estimate of drug-likeness (QED) is 0.673. The molecule has 0 saturated heterocycles. The van der Waals surface area contributed by atoms with Gasteiger partial charge in [0.05, 0.1) is 31.2 Å². The molecule has 0 saturated carbocycles. The van der Waals surface area contributed by atoms with Gasteiger partial charge in [-0.15, -0.1) is 0 Å². The number of hydrogen-bond acceptors (Lipinski definition) is 4. The van der Waals surface area contributed by atoms with Crippen LogP contribution in [-0.2, 0) is 9.53 Å². The van der Waals surface area contributed by atoms with Gasteiger partial charge in [0.15, 0.2) is 0 Å². The van der Waals surface area contributed by atoms with Crippen molar-refractivity contribution in [1.82, 2.24) is 4.98 Å². The highest BCUT2D eigenvalue weighted by atomic mass is 16.5. The molecule has 14 heavy (non-hydrogen) atoms. The molecule has 0 bridgehead atoms. The topological polar surface area (TPSA) is 63.0 Å². The highest BCUT2D eigenvalue weighted by Crippen LogP contribution is 2.16. The fourth-order valence-corrected chi connectivity index (χ4v) is 1.05. The van der Waals surface area contributed by atoms with Crippen LogP contribution in [0.3, 0.4) is 0 Å². The molecule has 4 heteroatoms. The van der Waals surface area contributed by atoms with Gasteiger partial charge in [0, 0.05) is 6.20 Å². The average molecular weight is 190 g/mol. The fourth-order valence-electron chi connectivity index (χ4n) is 1.05. The average Bonchev–Trinajstić information content (AvgIpc) is 2.26. The lowest BCUT2D eigenvalue weighted by Crippen LogP contribution is -2.08. The van der Waals surface area contributed by atoms with Crippen LogP contribution >= 0.6 is 0 Å². The first kappa shape index (κ1) is 10.2. The zero-order valence-corrected chi connectivity index (χ0v) is 7.80. The largest absolute Gasteiger partial charge is 0.469 e. The Hall–Kier alpha value is -1.89. The van der Waals surface area contributed by atoms with Crippen LogP contribution < -0.4 is 0 Å². The van der Waals surface area contributed by atoms with E-state index in [9.17, 15) is 4.79 Å². The molecule has 0 spiro atoms. The van der Waals surface area contributed by atoms with Crippen LogP contribution in [0.1, 0.15) is 18.0 Å². The van der Waals surface area contributed by atoms with Gasteiger partial charge in [0.1, 0.15) is 0 Å². The van der Waals surface area contributed by atoms with Crippen LogP contribution in [0.15, 0.2) is 24.4 Å². The maximum Gasteiger partial charge on any atom is 0.307 e. The first-order chi connectivity index (χ1) is 6.77. The molecule has 1 unspecified atom stereocenters. The van der Waals surface area contributed by atoms with Crippen molar-refractivity contribution >= 4 is 5.97 Å². The van der Waals surface area contributed by atoms with Crippen LogP contribution in [0.4, 0.5) is 0 Å². The first-order valence-corrected chi connectivity index (χ1v) is 4.15. The minimum absolute atomic E-state index is 0.0456. The third kappa shape index (κ3) is 2.56. The summed E-state index contributed by atoms with van der Waals surface area (Å²) in [7, 11) is 1.30. The summed E-state index contributed by atoms with van der Waals surface area (Å²) in [6.45, 7) is 0. The van der Waals surface area contributed by atoms with Gasteiger partial charge in [-0.2, -0.15) is 5.26 Å². The van der Waals surface area contributed by atoms with Crippen molar-refractivity contribution in [3.63, 3.8) is 0 Å². The predicted molar refractivity (Wildman–Crippen MR) is 49.2 cm³/mol. The lowest BCUT2D eigenvalue weighted by Gasteiger charge is -2.05. The zero-order chi connectivity index (χ0) is 10.4. The molecule has 1 aromatic rings. The Labute approximate surface area is 82.1 Å². The second kappa shape index (κ2) is 4.97. The maximum absolute atomic E-state index is 11.0. The number of nitrogens with zero attached hydrogens (tertiary/aromatic N) is 2. The predicted octanol–water partition coefficient (Wildman–Crippen LogP) is 1.25. The molecule has 1 heterocycles. The lowest BCUT2D eigenvalue weighted by molar-refractivity contribution is -0.140. The molecule has 0 aromatic carbocycles. The normalized spacial score (nSPS) is 11.4. The molecule has 1 atom stereocenters. The van der Waals surface area contributed by atoms with Crippen LogP contribution in [0.5, 0.6) is 0 Å². The minimum atomic E-state index is -0.524. The van der Waals surface area contributed by atoms with Gasteiger partial charge in [-0.05, 0) is 12.1 Å². The highest BCUT2D eigenvalue weighted by molar-refractivity contribution is 5.70. The van der Waals surface area contributed by atoms with Gasteiger partial charge in [0.25, 0.3) is 0 Å². The molecule has 0 N–H and O–H groups in total. The van der Waals surface area contributed by atoms with Crippen LogP contribution in [0.25, 0.3) is 0 Å². The van der Waals surface area contributed by atoms with E-state index in [1.54, 1.807) is 24.4 Å². The van der Waals surface area contributed by atoms with Crippen molar-refractivity contribution in [2.45, 2.75) is 12.3 Å². The Kier molecular flexibility index (Phi) is 3.62. The summed E-state index contributed by atoms with van der Waals surface area (Å²) >= 11 is 0. The van der Waals surface area contributed by atoms with E-state index in [-0.39, 0.29) is 6.42 Å². The van der Waals surface area contributed by atoms with Gasteiger partial charge in [-0.25, -0.2) is 0 Å². The number of rotatable bonds is 3. The van der Waals surface area contributed by atoms with Crippen LogP contribution in [-0.4, -0.2) is 18.1 Å². The van der Waals surface area contributed by atoms with E-state index in [4.69, 9.17) is 5.26 Å². The summed E-state index contributed by atoms with van der Waals surface area (Å²) in [6.07, 6.45) is 1.64. The Morgan fingerprint density at radius 2 is 2.50 bits per heavy atom. The van der Waals surface area contributed by atoms with Crippen molar-refractivity contribution in [2.24, 2.45) is 0 Å². The first-order valence-electron chi connectivity index (χ1n) is 4.15. The Balaban J connectivity index is 2.74. The lowest BCUT2D eigenvalue weighted by atomic mass is 10.0. The molecule has 0 aliphatic heterocycles. The monoisotopic (exact) mass is 190 g/mol. The van der Waals surface area contributed by atoms with E-state index in [2.05, 4.69) is 9.72 Å². The second-order valence-corrected chi connectivity index (χ2v) is 2.72. The molecule has 0 fully saturated rings. The molecule has 72 valence electrons. The number of hydrogen-bond donors (Lipinski definition) is 0. The summed E-state index contributed by atoms with van der Waals surface area (Å²) in [6, 6.07) is 7.28. The van der Waals surface area contributed by atoms with Crippen LogP contribution in [0.2, 0.25) is 0 Å². The van der Waals surface area contributed by atoms with Gasteiger partial charge in [0.2, 0.25) is 0 Å². The number of methoxy groups -OCH3 is 1. The van der Waals surface area contributed by atoms with Crippen LogP contribution in [0, 0.1) is 11.3 Å². The smallest absolute Gasteiger partial charge is 0.307 e. The van der Waals surface area contributed by atoms with E-state index >= 15 is 0 Å². The number of esters is 1. The van der Waals surface area contributed by atoms with Gasteiger partial charge in [-0.1, -0.05) is 6.07 Å². The summed E-state index contributed by atoms with van der Waals surface area (Å²) < 4.78 is 4.49. The number of pyridine rings is 1. The molecule has 0 aliphatic rings. The van der Waals surface area contributed by atoms with Crippen molar-refractivity contribution in [2.75, 3.05) is 7.11 Å². The number of carbonyl (C=O) groups excluding carboxylic acids is 1. The Bertz CT molecular complexity index is 343. The summed E-state index contributed by atoms with van der Waals surface area (Å²) in [5.41, 5.74) is 0.598. The standard InChI is InChI=1S/C10H10N2O2/c1-14-10(13)6-8(7-11)9-4-2-3-5-12-9/h2-5,8H,6H2,1H3. The number of nitriles is 1. The number of aromatic nitrogens is 1. The Morgan fingerprint density at radius 1 is 1.71 bits per heavy atom. The maximum atomic E-state index is 11.0. The molecule has 0 aliphatic carbocycles. The number of ether oxygens (including phenoxy) is 1. The van der Waals surface area contributed by atoms with E-state index in [1.807, 2.05) is 6.07 Å². The second-order valence-electron chi connectivity index (χ2n) is 2.72. The molecule has 0 amide bonds. The summed E-state index contributed by atoms with van der Waals surface area (Å²) in [5.74, 6) is -0.925. The van der Waals surface area contributed by atoms with E-state index in [0.717, 1.165) is 0 Å².